The first-order valence-electron chi connectivity index (χ1n) is 6.19. The molecule has 1 aromatic carbocycles. The van der Waals surface area contributed by atoms with E-state index in [1.165, 1.54) is 6.33 Å². The molecule has 110 valence electrons. The molecule has 22 heavy (non-hydrogen) atoms. The second kappa shape index (κ2) is 6.12. The third-order valence-electron chi connectivity index (χ3n) is 3.11. The van der Waals surface area contributed by atoms with Crippen LogP contribution in [-0.4, -0.2) is 25.0 Å². The van der Waals surface area contributed by atoms with E-state index in [1.54, 1.807) is 22.3 Å². The molecule has 0 saturated carbocycles. The van der Waals surface area contributed by atoms with Crippen molar-refractivity contribution >= 4 is 50.4 Å². The standard InChI is InChI=1S/C14H8BrN5S.ClH/c15-12-6-5-11(21-12)13-9-3-1-2-4-10(9)14(19-18-13)20-8-16-7-17-20;/h1-8H;1H. The molecule has 0 unspecified atom stereocenters. The van der Waals surface area contributed by atoms with Gasteiger partial charge in [-0.05, 0) is 28.1 Å². The van der Waals surface area contributed by atoms with Gasteiger partial charge in [-0.3, -0.25) is 0 Å². The second-order valence-corrected chi connectivity index (χ2v) is 6.82. The fourth-order valence-electron chi connectivity index (χ4n) is 2.20. The van der Waals surface area contributed by atoms with Crippen molar-refractivity contribution in [1.29, 1.82) is 0 Å². The molecule has 4 aromatic rings. The van der Waals surface area contributed by atoms with Crippen molar-refractivity contribution in [2.75, 3.05) is 0 Å². The summed E-state index contributed by atoms with van der Waals surface area (Å²) in [4.78, 5) is 5.05. The summed E-state index contributed by atoms with van der Waals surface area (Å²) >= 11 is 5.13. The molecule has 0 fully saturated rings. The Balaban J connectivity index is 0.00000144. The number of thiophene rings is 1. The number of rotatable bonds is 2. The molecule has 0 N–H and O–H groups in total. The number of hydrogen-bond donors (Lipinski definition) is 0. The smallest absolute Gasteiger partial charge is 0.185 e. The van der Waals surface area contributed by atoms with Crippen LogP contribution in [0.4, 0.5) is 0 Å². The highest BCUT2D eigenvalue weighted by atomic mass is 79.9. The number of aromatic nitrogens is 5. The van der Waals surface area contributed by atoms with Gasteiger partial charge in [0.2, 0.25) is 0 Å². The minimum Gasteiger partial charge on any atom is -0.223 e. The number of fused-ring (bicyclic) bond motifs is 1. The Morgan fingerprint density at radius 2 is 1.82 bits per heavy atom. The molecule has 0 atom stereocenters. The van der Waals surface area contributed by atoms with E-state index < -0.39 is 0 Å². The van der Waals surface area contributed by atoms with E-state index in [-0.39, 0.29) is 12.4 Å². The van der Waals surface area contributed by atoms with Crippen molar-refractivity contribution in [3.05, 3.63) is 52.8 Å². The lowest BCUT2D eigenvalue weighted by Gasteiger charge is -2.07. The highest BCUT2D eigenvalue weighted by Gasteiger charge is 2.13. The summed E-state index contributed by atoms with van der Waals surface area (Å²) in [5, 5.41) is 14.9. The lowest BCUT2D eigenvalue weighted by Crippen LogP contribution is -2.02. The molecule has 0 spiro atoms. The van der Waals surface area contributed by atoms with Crippen LogP contribution in [0, 0.1) is 0 Å². The van der Waals surface area contributed by atoms with Crippen LogP contribution in [0.2, 0.25) is 0 Å². The largest absolute Gasteiger partial charge is 0.223 e. The van der Waals surface area contributed by atoms with Crippen molar-refractivity contribution in [3.63, 3.8) is 0 Å². The topological polar surface area (TPSA) is 56.5 Å². The monoisotopic (exact) mass is 393 g/mol. The predicted octanol–water partition coefficient (Wildman–Crippen LogP) is 4.12. The van der Waals surface area contributed by atoms with Gasteiger partial charge in [0.05, 0.1) is 8.66 Å². The fourth-order valence-corrected chi connectivity index (χ4v) is 3.59. The van der Waals surface area contributed by atoms with Gasteiger partial charge in [-0.1, -0.05) is 24.3 Å². The van der Waals surface area contributed by atoms with Crippen LogP contribution in [0.3, 0.4) is 0 Å². The van der Waals surface area contributed by atoms with Crippen LogP contribution < -0.4 is 0 Å². The van der Waals surface area contributed by atoms with Crippen molar-refractivity contribution in [1.82, 2.24) is 25.0 Å². The van der Waals surface area contributed by atoms with E-state index in [9.17, 15) is 0 Å². The van der Waals surface area contributed by atoms with E-state index in [1.807, 2.05) is 36.4 Å². The van der Waals surface area contributed by atoms with Crippen molar-refractivity contribution in [2.24, 2.45) is 0 Å². The zero-order valence-electron chi connectivity index (χ0n) is 11.0. The molecule has 4 rings (SSSR count). The molecule has 3 heterocycles. The number of halogens is 2. The molecule has 3 aromatic heterocycles. The van der Waals surface area contributed by atoms with Crippen LogP contribution in [-0.2, 0) is 0 Å². The summed E-state index contributed by atoms with van der Waals surface area (Å²) in [7, 11) is 0. The Morgan fingerprint density at radius 3 is 2.50 bits per heavy atom. The number of hydrogen-bond acceptors (Lipinski definition) is 5. The van der Waals surface area contributed by atoms with Crippen LogP contribution >= 0.6 is 39.7 Å². The maximum absolute atomic E-state index is 4.40. The van der Waals surface area contributed by atoms with E-state index in [2.05, 4.69) is 36.2 Å². The molecular weight excluding hydrogens is 386 g/mol. The minimum atomic E-state index is 0. The number of nitrogens with zero attached hydrogens (tertiary/aromatic N) is 5. The Bertz CT molecular complexity index is 922. The van der Waals surface area contributed by atoms with Crippen molar-refractivity contribution in [3.8, 4) is 16.4 Å². The molecule has 0 radical (unpaired) electrons. The van der Waals surface area contributed by atoms with Crippen LogP contribution in [0.1, 0.15) is 0 Å². The first kappa shape index (κ1) is 15.1. The molecule has 0 aliphatic heterocycles. The van der Waals surface area contributed by atoms with Gasteiger partial charge in [-0.25, -0.2) is 9.67 Å². The average Bonchev–Trinajstić information content (AvgIpc) is 3.17. The summed E-state index contributed by atoms with van der Waals surface area (Å²) in [6, 6.07) is 12.1. The summed E-state index contributed by atoms with van der Waals surface area (Å²) in [5.74, 6) is 0.683. The van der Waals surface area contributed by atoms with Gasteiger partial charge in [-0.2, -0.15) is 5.10 Å². The molecule has 0 aliphatic rings. The fraction of sp³-hybridized carbons (Fsp3) is 0. The highest BCUT2D eigenvalue weighted by Crippen LogP contribution is 2.34. The van der Waals surface area contributed by atoms with E-state index in [0.29, 0.717) is 5.82 Å². The van der Waals surface area contributed by atoms with Crippen molar-refractivity contribution in [2.45, 2.75) is 0 Å². The summed E-state index contributed by atoms with van der Waals surface area (Å²) in [6.07, 6.45) is 3.11. The summed E-state index contributed by atoms with van der Waals surface area (Å²) < 4.78 is 2.70. The zero-order valence-corrected chi connectivity index (χ0v) is 14.3. The molecule has 0 amide bonds. The third-order valence-corrected chi connectivity index (χ3v) is 4.74. The summed E-state index contributed by atoms with van der Waals surface area (Å²) in [5.41, 5.74) is 0.880. The van der Waals surface area contributed by atoms with E-state index in [0.717, 1.165) is 25.1 Å². The third kappa shape index (κ3) is 2.51. The quantitative estimate of drug-likeness (QED) is 0.513. The van der Waals surface area contributed by atoms with Gasteiger partial charge >= 0.3 is 0 Å². The maximum atomic E-state index is 4.40. The zero-order chi connectivity index (χ0) is 14.2. The molecular formula is C14H9BrClN5S. The summed E-state index contributed by atoms with van der Waals surface area (Å²) in [6.45, 7) is 0. The van der Waals surface area contributed by atoms with Gasteiger partial charge in [0.25, 0.3) is 0 Å². The molecule has 0 saturated heterocycles. The Morgan fingerprint density at radius 1 is 1.00 bits per heavy atom. The molecule has 8 heteroatoms. The van der Waals surface area contributed by atoms with E-state index in [4.69, 9.17) is 0 Å². The van der Waals surface area contributed by atoms with Crippen LogP contribution in [0.15, 0.2) is 52.8 Å². The lowest BCUT2D eigenvalue weighted by atomic mass is 10.1. The lowest BCUT2D eigenvalue weighted by molar-refractivity contribution is 0.826. The van der Waals surface area contributed by atoms with Crippen molar-refractivity contribution < 1.29 is 0 Å². The minimum absolute atomic E-state index is 0. The first-order valence-corrected chi connectivity index (χ1v) is 7.80. The molecule has 5 nitrogen and oxygen atoms in total. The van der Waals surface area contributed by atoms with Gasteiger partial charge in [0.1, 0.15) is 18.3 Å². The van der Waals surface area contributed by atoms with Gasteiger partial charge in [0, 0.05) is 10.8 Å². The molecule has 0 aliphatic carbocycles. The highest BCUT2D eigenvalue weighted by molar-refractivity contribution is 9.11. The second-order valence-electron chi connectivity index (χ2n) is 4.36. The maximum Gasteiger partial charge on any atom is 0.185 e. The van der Waals surface area contributed by atoms with E-state index >= 15 is 0 Å². The van der Waals surface area contributed by atoms with Crippen LogP contribution in [0.25, 0.3) is 27.2 Å². The van der Waals surface area contributed by atoms with Gasteiger partial charge in [-0.15, -0.1) is 33.9 Å². The molecule has 0 bridgehead atoms. The van der Waals surface area contributed by atoms with Crippen LogP contribution in [0.5, 0.6) is 0 Å². The Kier molecular flexibility index (Phi) is 4.19. The Hall–Kier alpha value is -1.83. The number of benzene rings is 1. The van der Waals surface area contributed by atoms with Gasteiger partial charge < -0.3 is 0 Å². The SMILES string of the molecule is Brc1ccc(-c2nnc(-n3cncn3)c3ccccc23)s1.Cl. The first-order chi connectivity index (χ1) is 10.3. The predicted molar refractivity (Wildman–Crippen MR) is 92.7 cm³/mol. The normalized spacial score (nSPS) is 10.6. The van der Waals surface area contributed by atoms with Gasteiger partial charge in [0.15, 0.2) is 5.82 Å². The Labute approximate surface area is 144 Å². The average molecular weight is 395 g/mol.